The molecule has 1 aromatic carbocycles. The van der Waals surface area contributed by atoms with E-state index in [0.717, 1.165) is 43.2 Å². The summed E-state index contributed by atoms with van der Waals surface area (Å²) in [6.45, 7) is 1.86. The molecule has 0 unspecified atom stereocenters. The van der Waals surface area contributed by atoms with Gasteiger partial charge in [0.25, 0.3) is 11.6 Å². The van der Waals surface area contributed by atoms with Crippen LogP contribution in [0.4, 0.5) is 0 Å². The van der Waals surface area contributed by atoms with E-state index < -0.39 is 0 Å². The lowest BCUT2D eigenvalue weighted by atomic mass is 9.87. The van der Waals surface area contributed by atoms with Gasteiger partial charge in [0, 0.05) is 11.6 Å². The van der Waals surface area contributed by atoms with E-state index in [4.69, 9.17) is 4.52 Å². The Bertz CT molecular complexity index is 1000. The van der Waals surface area contributed by atoms with Crippen molar-refractivity contribution in [3.05, 3.63) is 58.4 Å². The first kappa shape index (κ1) is 15.6. The van der Waals surface area contributed by atoms with E-state index in [1.54, 1.807) is 0 Å². The zero-order valence-corrected chi connectivity index (χ0v) is 14.8. The molecule has 1 atom stereocenters. The molecular weight excluding hydrogens is 326 g/mol. The van der Waals surface area contributed by atoms with E-state index in [-0.39, 0.29) is 11.9 Å². The van der Waals surface area contributed by atoms with Gasteiger partial charge in [0.2, 0.25) is 0 Å². The van der Waals surface area contributed by atoms with E-state index >= 15 is 0 Å². The van der Waals surface area contributed by atoms with Crippen LogP contribution in [0.3, 0.4) is 0 Å². The van der Waals surface area contributed by atoms with E-state index in [0.29, 0.717) is 22.9 Å². The largest absolute Gasteiger partial charge is 0.345 e. The summed E-state index contributed by atoms with van der Waals surface area (Å²) in [5.41, 5.74) is 5.34. The number of nitrogens with one attached hydrogen (secondary N) is 1. The maximum absolute atomic E-state index is 13.2. The van der Waals surface area contributed by atoms with Crippen molar-refractivity contribution in [1.82, 2.24) is 15.5 Å². The average Bonchev–Trinajstić information content (AvgIpc) is 3.45. The molecule has 1 N–H and O–H groups in total. The van der Waals surface area contributed by atoms with Crippen LogP contribution in [-0.2, 0) is 6.42 Å². The number of nitrogens with zero attached hydrogens (tertiary/aromatic N) is 2. The van der Waals surface area contributed by atoms with Crippen LogP contribution in [0.5, 0.6) is 0 Å². The van der Waals surface area contributed by atoms with Gasteiger partial charge >= 0.3 is 0 Å². The summed E-state index contributed by atoms with van der Waals surface area (Å²) < 4.78 is 5.36. The minimum Gasteiger partial charge on any atom is -0.345 e. The van der Waals surface area contributed by atoms with Crippen molar-refractivity contribution in [2.24, 2.45) is 0 Å². The van der Waals surface area contributed by atoms with Gasteiger partial charge in [-0.05, 0) is 56.2 Å². The van der Waals surface area contributed by atoms with Gasteiger partial charge < -0.3 is 9.84 Å². The van der Waals surface area contributed by atoms with Crippen LogP contribution in [0.2, 0.25) is 0 Å². The zero-order chi connectivity index (χ0) is 17.7. The Balaban J connectivity index is 1.52. The van der Waals surface area contributed by atoms with Crippen molar-refractivity contribution in [2.45, 2.75) is 51.0 Å². The number of fused-ring (bicyclic) bond motifs is 2. The smallest absolute Gasteiger partial charge is 0.259 e. The van der Waals surface area contributed by atoms with Crippen molar-refractivity contribution < 1.29 is 9.32 Å². The second-order valence-electron chi connectivity index (χ2n) is 7.43. The van der Waals surface area contributed by atoms with Gasteiger partial charge in [0.05, 0.1) is 22.7 Å². The number of hydrogen-bond donors (Lipinski definition) is 1. The van der Waals surface area contributed by atoms with Crippen molar-refractivity contribution in [2.75, 3.05) is 0 Å². The molecule has 2 aromatic heterocycles. The Morgan fingerprint density at radius 2 is 2.08 bits per heavy atom. The molecule has 5 heteroatoms. The lowest BCUT2D eigenvalue weighted by Gasteiger charge is -2.26. The van der Waals surface area contributed by atoms with E-state index in [1.165, 1.54) is 11.1 Å². The lowest BCUT2D eigenvalue weighted by molar-refractivity contribution is 0.0934. The first-order valence-electron chi connectivity index (χ1n) is 9.36. The summed E-state index contributed by atoms with van der Waals surface area (Å²) in [7, 11) is 0. The number of hydrogen-bond acceptors (Lipinski definition) is 4. The second kappa shape index (κ2) is 5.94. The molecular formula is C21H21N3O2. The molecule has 5 nitrogen and oxygen atoms in total. The monoisotopic (exact) mass is 347 g/mol. The van der Waals surface area contributed by atoms with Gasteiger partial charge in [-0.15, -0.1) is 0 Å². The zero-order valence-electron chi connectivity index (χ0n) is 14.8. The first-order chi connectivity index (χ1) is 12.7. The lowest BCUT2D eigenvalue weighted by Crippen LogP contribution is -2.31. The Hall–Kier alpha value is -2.69. The van der Waals surface area contributed by atoms with Gasteiger partial charge in [-0.1, -0.05) is 29.4 Å². The molecule has 1 amide bonds. The van der Waals surface area contributed by atoms with Crippen LogP contribution in [0.1, 0.15) is 70.5 Å². The molecule has 3 aromatic rings. The van der Waals surface area contributed by atoms with Crippen LogP contribution >= 0.6 is 0 Å². The normalized spacial score (nSPS) is 19.3. The molecule has 0 saturated heterocycles. The summed E-state index contributed by atoms with van der Waals surface area (Å²) in [5.74, 6) is 0.388. The molecule has 5 rings (SSSR count). The fraction of sp³-hybridized carbons (Fsp3) is 0.381. The molecule has 0 bridgehead atoms. The minimum atomic E-state index is -0.0627. The topological polar surface area (TPSA) is 68.0 Å². The third-order valence-corrected chi connectivity index (χ3v) is 5.55. The highest BCUT2D eigenvalue weighted by Gasteiger charge is 2.29. The number of aromatic nitrogens is 2. The maximum Gasteiger partial charge on any atom is 0.259 e. The van der Waals surface area contributed by atoms with Gasteiger partial charge in [-0.2, -0.15) is 0 Å². The Labute approximate surface area is 151 Å². The minimum absolute atomic E-state index is 0.0557. The molecule has 2 aliphatic rings. The number of rotatable bonds is 3. The second-order valence-corrected chi connectivity index (χ2v) is 7.43. The van der Waals surface area contributed by atoms with Crippen molar-refractivity contribution in [3.63, 3.8) is 0 Å². The van der Waals surface area contributed by atoms with Crippen LogP contribution in [0.15, 0.2) is 34.9 Å². The maximum atomic E-state index is 13.2. The highest BCUT2D eigenvalue weighted by Crippen LogP contribution is 2.40. The number of benzene rings is 1. The van der Waals surface area contributed by atoms with Gasteiger partial charge in [0.1, 0.15) is 0 Å². The standard InChI is InChI=1S/C21H21N3O2/c1-12-19-16(11-18(14-9-10-14)23-21(19)26-24-12)20(25)22-17-8-4-6-13-5-2-3-7-15(13)17/h2-3,5,7,11,14,17H,4,6,8-10H2,1H3,(H,22,25)/t17-/m0/s1. The van der Waals surface area contributed by atoms with Crippen molar-refractivity contribution >= 4 is 17.0 Å². The number of carbonyl (C=O) groups is 1. The summed E-state index contributed by atoms with van der Waals surface area (Å²) in [6.07, 6.45) is 5.40. The van der Waals surface area contributed by atoms with Crippen molar-refractivity contribution in [1.29, 1.82) is 0 Å². The van der Waals surface area contributed by atoms with E-state index in [9.17, 15) is 4.79 Å². The molecule has 132 valence electrons. The molecule has 0 radical (unpaired) electrons. The number of aryl methyl sites for hydroxylation is 2. The van der Waals surface area contributed by atoms with Crippen LogP contribution in [0, 0.1) is 6.92 Å². The van der Waals surface area contributed by atoms with Gasteiger partial charge in [0.15, 0.2) is 0 Å². The van der Waals surface area contributed by atoms with Crippen LogP contribution in [0.25, 0.3) is 11.1 Å². The SMILES string of the molecule is Cc1noc2nc(C3CC3)cc(C(=O)N[C@H]3CCCc4ccccc43)c12. The van der Waals surface area contributed by atoms with Crippen LogP contribution < -0.4 is 5.32 Å². The number of carbonyl (C=O) groups excluding carboxylic acids is 1. The predicted octanol–water partition coefficient (Wildman–Crippen LogP) is 4.22. The molecule has 0 spiro atoms. The molecule has 26 heavy (non-hydrogen) atoms. The fourth-order valence-corrected chi connectivity index (χ4v) is 4.02. The molecule has 1 fully saturated rings. The predicted molar refractivity (Wildman–Crippen MR) is 98.1 cm³/mol. The highest BCUT2D eigenvalue weighted by atomic mass is 16.5. The molecule has 1 saturated carbocycles. The Morgan fingerprint density at radius 1 is 1.23 bits per heavy atom. The Kier molecular flexibility index (Phi) is 3.55. The number of pyridine rings is 1. The average molecular weight is 347 g/mol. The van der Waals surface area contributed by atoms with Crippen LogP contribution in [-0.4, -0.2) is 16.0 Å². The first-order valence-corrected chi connectivity index (χ1v) is 9.36. The molecule has 0 aliphatic heterocycles. The third kappa shape index (κ3) is 2.59. The quantitative estimate of drug-likeness (QED) is 0.770. The fourth-order valence-electron chi connectivity index (χ4n) is 4.02. The summed E-state index contributed by atoms with van der Waals surface area (Å²) in [6, 6.07) is 10.4. The highest BCUT2D eigenvalue weighted by molar-refractivity contribution is 6.06. The molecule has 2 heterocycles. The summed E-state index contributed by atoms with van der Waals surface area (Å²) in [4.78, 5) is 17.7. The van der Waals surface area contributed by atoms with E-state index in [1.807, 2.05) is 19.1 Å². The Morgan fingerprint density at radius 3 is 2.92 bits per heavy atom. The number of amides is 1. The molecule has 2 aliphatic carbocycles. The summed E-state index contributed by atoms with van der Waals surface area (Å²) in [5, 5.41) is 8.01. The van der Waals surface area contributed by atoms with Gasteiger partial charge in [-0.3, -0.25) is 4.79 Å². The van der Waals surface area contributed by atoms with Crippen molar-refractivity contribution in [3.8, 4) is 0 Å². The summed E-state index contributed by atoms with van der Waals surface area (Å²) >= 11 is 0. The van der Waals surface area contributed by atoms with E-state index in [2.05, 4.69) is 33.7 Å². The third-order valence-electron chi connectivity index (χ3n) is 5.55. The van der Waals surface area contributed by atoms with Gasteiger partial charge in [-0.25, -0.2) is 4.98 Å².